The van der Waals surface area contributed by atoms with Crippen LogP contribution in [-0.2, 0) is 9.59 Å². The van der Waals surface area contributed by atoms with Crippen molar-refractivity contribution in [2.24, 2.45) is 22.1 Å². The lowest BCUT2D eigenvalue weighted by Gasteiger charge is -2.26. The van der Waals surface area contributed by atoms with E-state index in [0.29, 0.717) is 0 Å². The van der Waals surface area contributed by atoms with E-state index in [1.165, 1.54) is 6.92 Å². The molecule has 0 saturated carbocycles. The highest BCUT2D eigenvalue weighted by Crippen LogP contribution is 2.41. The van der Waals surface area contributed by atoms with Crippen molar-refractivity contribution in [3.8, 4) is 0 Å². The van der Waals surface area contributed by atoms with Gasteiger partial charge in [-0.25, -0.2) is 0 Å². The standard InChI is InChI=1S/C10H10F3N3O3/c1-9(2-5(15-16-9)10(11,12)13)4-3-14-7(17)6(4)8(18)19/h2,4,6H,3H2,1H3,(H,14,17)(H,18,19)/t4-,6+,9?/m0/s1. The van der Waals surface area contributed by atoms with Crippen molar-refractivity contribution in [1.29, 1.82) is 0 Å². The van der Waals surface area contributed by atoms with Gasteiger partial charge in [0, 0.05) is 12.5 Å². The molecule has 2 rings (SSSR count). The van der Waals surface area contributed by atoms with Gasteiger partial charge in [0.2, 0.25) is 5.91 Å². The molecule has 1 unspecified atom stereocenters. The molecule has 0 radical (unpaired) electrons. The maximum Gasteiger partial charge on any atom is 0.434 e. The number of alkyl halides is 3. The second kappa shape index (κ2) is 4.04. The fourth-order valence-corrected chi connectivity index (χ4v) is 2.27. The summed E-state index contributed by atoms with van der Waals surface area (Å²) < 4.78 is 37.5. The maximum absolute atomic E-state index is 12.5. The lowest BCUT2D eigenvalue weighted by molar-refractivity contribution is -0.147. The van der Waals surface area contributed by atoms with Crippen LogP contribution in [0.3, 0.4) is 0 Å². The van der Waals surface area contributed by atoms with E-state index < -0.39 is 41.1 Å². The van der Waals surface area contributed by atoms with E-state index in [-0.39, 0.29) is 6.54 Å². The van der Waals surface area contributed by atoms with Gasteiger partial charge in [0.25, 0.3) is 0 Å². The maximum atomic E-state index is 12.5. The molecule has 1 fully saturated rings. The minimum absolute atomic E-state index is 0.0487. The third kappa shape index (κ3) is 2.20. The number of azo groups is 1. The molecule has 2 N–H and O–H groups in total. The zero-order valence-electron chi connectivity index (χ0n) is 9.73. The number of hydrogen-bond acceptors (Lipinski definition) is 4. The van der Waals surface area contributed by atoms with Crippen LogP contribution in [0.4, 0.5) is 13.2 Å². The monoisotopic (exact) mass is 277 g/mol. The van der Waals surface area contributed by atoms with Gasteiger partial charge in [-0.05, 0) is 13.0 Å². The second-order valence-corrected chi connectivity index (χ2v) is 4.62. The summed E-state index contributed by atoms with van der Waals surface area (Å²) in [7, 11) is 0. The molecule has 3 atom stereocenters. The van der Waals surface area contributed by atoms with Gasteiger partial charge in [-0.15, -0.1) is 0 Å². The number of amides is 1. The summed E-state index contributed by atoms with van der Waals surface area (Å²) in [6, 6.07) is 0. The van der Waals surface area contributed by atoms with Gasteiger partial charge in [0.15, 0.2) is 5.70 Å². The minimum atomic E-state index is -4.64. The third-order valence-corrected chi connectivity index (χ3v) is 3.29. The molecule has 1 amide bonds. The number of allylic oxidation sites excluding steroid dienone is 1. The first-order valence-electron chi connectivity index (χ1n) is 5.38. The molecule has 2 aliphatic heterocycles. The number of hydrogen-bond donors (Lipinski definition) is 2. The quantitative estimate of drug-likeness (QED) is 0.740. The minimum Gasteiger partial charge on any atom is -0.481 e. The Morgan fingerprint density at radius 3 is 2.68 bits per heavy atom. The van der Waals surface area contributed by atoms with E-state index in [2.05, 4.69) is 15.5 Å². The number of halogens is 3. The molecular formula is C10H10F3N3O3. The van der Waals surface area contributed by atoms with Crippen molar-refractivity contribution in [3.63, 3.8) is 0 Å². The van der Waals surface area contributed by atoms with E-state index in [0.717, 1.165) is 6.08 Å². The summed E-state index contributed by atoms with van der Waals surface area (Å²) >= 11 is 0. The van der Waals surface area contributed by atoms with Crippen LogP contribution in [0.2, 0.25) is 0 Å². The Morgan fingerprint density at radius 1 is 1.58 bits per heavy atom. The first-order valence-corrected chi connectivity index (χ1v) is 5.38. The summed E-state index contributed by atoms with van der Waals surface area (Å²) in [6.07, 6.45) is -3.87. The zero-order chi connectivity index (χ0) is 14.4. The number of nitrogens with one attached hydrogen (secondary N) is 1. The van der Waals surface area contributed by atoms with E-state index >= 15 is 0 Å². The summed E-state index contributed by atoms with van der Waals surface area (Å²) in [5.41, 5.74) is -2.62. The molecule has 19 heavy (non-hydrogen) atoms. The lowest BCUT2D eigenvalue weighted by Crippen LogP contribution is -2.39. The van der Waals surface area contributed by atoms with Crippen LogP contribution in [0.5, 0.6) is 0 Å². The molecule has 0 spiro atoms. The van der Waals surface area contributed by atoms with Gasteiger partial charge in [0.05, 0.1) is 0 Å². The number of carboxylic acids is 1. The topological polar surface area (TPSA) is 91.1 Å². The molecule has 2 heterocycles. The van der Waals surface area contributed by atoms with Crippen molar-refractivity contribution >= 4 is 11.9 Å². The number of nitrogens with zero attached hydrogens (tertiary/aromatic N) is 2. The fraction of sp³-hybridized carbons (Fsp3) is 0.600. The van der Waals surface area contributed by atoms with Crippen molar-refractivity contribution in [3.05, 3.63) is 11.8 Å². The number of rotatable bonds is 2. The Hall–Kier alpha value is -1.93. The van der Waals surface area contributed by atoms with E-state index in [4.69, 9.17) is 5.11 Å². The smallest absolute Gasteiger partial charge is 0.434 e. The first-order chi connectivity index (χ1) is 8.65. The van der Waals surface area contributed by atoms with Gasteiger partial charge in [-0.3, -0.25) is 9.59 Å². The Bertz CT molecular complexity index is 500. The molecule has 2 aliphatic rings. The number of carbonyl (C=O) groups is 2. The molecule has 9 heteroatoms. The first kappa shape index (κ1) is 13.5. The van der Waals surface area contributed by atoms with Crippen molar-refractivity contribution < 1.29 is 27.9 Å². The van der Waals surface area contributed by atoms with Crippen molar-refractivity contribution in [2.75, 3.05) is 6.54 Å². The highest BCUT2D eigenvalue weighted by Gasteiger charge is 2.52. The number of carboxylic acid groups (broad SMARTS) is 1. The average molecular weight is 277 g/mol. The predicted molar refractivity (Wildman–Crippen MR) is 55.0 cm³/mol. The molecule has 104 valence electrons. The van der Waals surface area contributed by atoms with E-state index in [1.807, 2.05) is 0 Å². The summed E-state index contributed by atoms with van der Waals surface area (Å²) in [6.45, 7) is 1.28. The van der Waals surface area contributed by atoms with Crippen molar-refractivity contribution in [1.82, 2.24) is 5.32 Å². The second-order valence-electron chi connectivity index (χ2n) is 4.62. The van der Waals surface area contributed by atoms with Gasteiger partial charge >= 0.3 is 12.1 Å². The molecule has 0 aromatic heterocycles. The van der Waals surface area contributed by atoms with Crippen LogP contribution in [0, 0.1) is 11.8 Å². The Balaban J connectivity index is 2.33. The molecule has 0 aliphatic carbocycles. The number of aliphatic carboxylic acids is 1. The van der Waals surface area contributed by atoms with Crippen LogP contribution >= 0.6 is 0 Å². The van der Waals surface area contributed by atoms with Crippen LogP contribution in [-0.4, -0.2) is 35.2 Å². The zero-order valence-corrected chi connectivity index (χ0v) is 9.73. The normalized spacial score (nSPS) is 34.3. The van der Waals surface area contributed by atoms with Gasteiger partial charge in [-0.2, -0.15) is 23.4 Å². The Labute approximate surface area is 105 Å². The lowest BCUT2D eigenvalue weighted by atomic mass is 9.79. The Morgan fingerprint density at radius 2 is 2.21 bits per heavy atom. The molecule has 0 aromatic carbocycles. The van der Waals surface area contributed by atoms with Gasteiger partial charge < -0.3 is 10.4 Å². The summed E-state index contributed by atoms with van der Waals surface area (Å²) in [5, 5.41) is 17.9. The highest BCUT2D eigenvalue weighted by molar-refractivity contribution is 5.99. The predicted octanol–water partition coefficient (Wildman–Crippen LogP) is 1.10. The van der Waals surface area contributed by atoms with E-state index in [1.54, 1.807) is 0 Å². The average Bonchev–Trinajstić information content (AvgIpc) is 2.82. The molecule has 1 saturated heterocycles. The summed E-state index contributed by atoms with van der Waals surface area (Å²) in [5.74, 6) is -4.43. The fourth-order valence-electron chi connectivity index (χ4n) is 2.27. The Kier molecular flexibility index (Phi) is 2.87. The van der Waals surface area contributed by atoms with Crippen LogP contribution in [0.15, 0.2) is 22.0 Å². The largest absolute Gasteiger partial charge is 0.481 e. The molecule has 6 nitrogen and oxygen atoms in total. The third-order valence-electron chi connectivity index (χ3n) is 3.29. The van der Waals surface area contributed by atoms with Crippen LogP contribution in [0.25, 0.3) is 0 Å². The molecular weight excluding hydrogens is 267 g/mol. The van der Waals surface area contributed by atoms with Crippen molar-refractivity contribution in [2.45, 2.75) is 18.6 Å². The molecule has 0 bridgehead atoms. The highest BCUT2D eigenvalue weighted by atomic mass is 19.4. The van der Waals surface area contributed by atoms with Crippen LogP contribution < -0.4 is 5.32 Å². The summed E-state index contributed by atoms with van der Waals surface area (Å²) in [4.78, 5) is 22.4. The van der Waals surface area contributed by atoms with E-state index in [9.17, 15) is 22.8 Å². The SMILES string of the molecule is CC1([C@H]2CNC(=O)[C@@H]2C(=O)O)C=C(C(F)(F)F)N=N1. The van der Waals surface area contributed by atoms with Gasteiger partial charge in [-0.1, -0.05) is 0 Å². The number of carbonyl (C=O) groups excluding carboxylic acids is 1. The molecule has 0 aromatic rings. The van der Waals surface area contributed by atoms with Crippen LogP contribution in [0.1, 0.15) is 6.92 Å². The van der Waals surface area contributed by atoms with Gasteiger partial charge in [0.1, 0.15) is 11.5 Å².